The number of rotatable bonds is 1. The van der Waals surface area contributed by atoms with Gasteiger partial charge in [-0.3, -0.25) is 4.79 Å². The minimum atomic E-state index is -1.58. The first-order chi connectivity index (χ1) is 8.74. The molecule has 1 unspecified atom stereocenters. The Balaban J connectivity index is 2.32. The standard InChI is InChI=1S/C15H17ClO3/c1-14(2,3)19-13(18)15(16)9-8-10-6-4-5-7-11(10)12(15)17/h4-7H,8-9H2,1-3H3. The van der Waals surface area contributed by atoms with E-state index in [0.717, 1.165) is 5.56 Å². The lowest BCUT2D eigenvalue weighted by atomic mass is 9.82. The van der Waals surface area contributed by atoms with Gasteiger partial charge in [0, 0.05) is 5.56 Å². The second-order valence-electron chi connectivity index (χ2n) is 5.79. The molecule has 0 N–H and O–H groups in total. The van der Waals surface area contributed by atoms with Gasteiger partial charge >= 0.3 is 5.97 Å². The van der Waals surface area contributed by atoms with Gasteiger partial charge in [-0.1, -0.05) is 35.9 Å². The van der Waals surface area contributed by atoms with E-state index in [2.05, 4.69) is 0 Å². The summed E-state index contributed by atoms with van der Waals surface area (Å²) < 4.78 is 5.27. The Kier molecular flexibility index (Phi) is 3.43. The molecule has 0 heterocycles. The molecule has 0 spiro atoms. The molecule has 1 aromatic carbocycles. The van der Waals surface area contributed by atoms with Crippen molar-refractivity contribution in [3.63, 3.8) is 0 Å². The maximum Gasteiger partial charge on any atom is 0.335 e. The van der Waals surface area contributed by atoms with Gasteiger partial charge in [0.2, 0.25) is 4.87 Å². The van der Waals surface area contributed by atoms with Gasteiger partial charge in [-0.15, -0.1) is 0 Å². The first-order valence-electron chi connectivity index (χ1n) is 6.29. The fraction of sp³-hybridized carbons (Fsp3) is 0.467. The summed E-state index contributed by atoms with van der Waals surface area (Å²) in [6, 6.07) is 7.24. The van der Waals surface area contributed by atoms with E-state index in [1.54, 1.807) is 32.9 Å². The largest absolute Gasteiger partial charge is 0.458 e. The van der Waals surface area contributed by atoms with Gasteiger partial charge in [-0.25, -0.2) is 4.79 Å². The molecule has 19 heavy (non-hydrogen) atoms. The number of carbonyl (C=O) groups is 2. The highest BCUT2D eigenvalue weighted by Gasteiger charge is 2.49. The van der Waals surface area contributed by atoms with Crippen LogP contribution < -0.4 is 0 Å². The first-order valence-corrected chi connectivity index (χ1v) is 6.67. The van der Waals surface area contributed by atoms with Crippen molar-refractivity contribution in [2.24, 2.45) is 0 Å². The Bertz CT molecular complexity index is 530. The Labute approximate surface area is 117 Å². The first kappa shape index (κ1) is 14.1. The fourth-order valence-corrected chi connectivity index (χ4v) is 2.38. The third-order valence-corrected chi connectivity index (χ3v) is 3.60. The number of ketones is 1. The molecule has 0 saturated carbocycles. The third kappa shape index (κ3) is 2.66. The number of hydrogen-bond donors (Lipinski definition) is 0. The second kappa shape index (κ2) is 4.64. The Morgan fingerprint density at radius 1 is 1.32 bits per heavy atom. The number of carbonyl (C=O) groups excluding carboxylic acids is 2. The zero-order valence-electron chi connectivity index (χ0n) is 11.3. The van der Waals surface area contributed by atoms with Crippen LogP contribution in [0.5, 0.6) is 0 Å². The molecule has 1 aliphatic carbocycles. The zero-order valence-corrected chi connectivity index (χ0v) is 12.1. The molecule has 1 aliphatic rings. The molecule has 0 radical (unpaired) electrons. The molecule has 0 aliphatic heterocycles. The van der Waals surface area contributed by atoms with Crippen molar-refractivity contribution in [1.29, 1.82) is 0 Å². The van der Waals surface area contributed by atoms with Crippen LogP contribution in [0.4, 0.5) is 0 Å². The number of esters is 1. The highest BCUT2D eigenvalue weighted by atomic mass is 35.5. The molecule has 0 bridgehead atoms. The molecule has 1 aromatic rings. The lowest BCUT2D eigenvalue weighted by molar-refractivity contribution is -0.156. The maximum atomic E-state index is 12.4. The van der Waals surface area contributed by atoms with Gasteiger partial charge in [-0.2, -0.15) is 0 Å². The minimum Gasteiger partial charge on any atom is -0.458 e. The van der Waals surface area contributed by atoms with E-state index in [4.69, 9.17) is 16.3 Å². The molecular weight excluding hydrogens is 264 g/mol. The van der Waals surface area contributed by atoms with Crippen LogP contribution in [0.15, 0.2) is 24.3 Å². The van der Waals surface area contributed by atoms with E-state index < -0.39 is 16.4 Å². The summed E-state index contributed by atoms with van der Waals surface area (Å²) in [5, 5.41) is 0. The quantitative estimate of drug-likeness (QED) is 0.451. The highest BCUT2D eigenvalue weighted by molar-refractivity contribution is 6.48. The number of benzene rings is 1. The summed E-state index contributed by atoms with van der Waals surface area (Å²) in [6.07, 6.45) is 0.879. The summed E-state index contributed by atoms with van der Waals surface area (Å²) in [4.78, 5) is 23.0. The van der Waals surface area contributed by atoms with Crippen LogP contribution in [0, 0.1) is 0 Å². The summed E-state index contributed by atoms with van der Waals surface area (Å²) in [5.41, 5.74) is 0.804. The fourth-order valence-electron chi connectivity index (χ4n) is 2.15. The molecule has 4 heteroatoms. The van der Waals surface area contributed by atoms with Crippen molar-refractivity contribution >= 4 is 23.4 Å². The number of halogens is 1. The molecular formula is C15H17ClO3. The molecule has 102 valence electrons. The molecule has 0 fully saturated rings. The van der Waals surface area contributed by atoms with Crippen molar-refractivity contribution in [1.82, 2.24) is 0 Å². The molecule has 0 amide bonds. The predicted octanol–water partition coefficient (Wildman–Crippen LogP) is 3.13. The van der Waals surface area contributed by atoms with Crippen molar-refractivity contribution in [2.45, 2.75) is 44.1 Å². The lowest BCUT2D eigenvalue weighted by Gasteiger charge is -2.32. The average Bonchev–Trinajstić information content (AvgIpc) is 2.32. The number of ether oxygens (including phenoxy) is 1. The Morgan fingerprint density at radius 2 is 1.95 bits per heavy atom. The minimum absolute atomic E-state index is 0.277. The van der Waals surface area contributed by atoms with Crippen LogP contribution in [0.3, 0.4) is 0 Å². The highest BCUT2D eigenvalue weighted by Crippen LogP contribution is 2.35. The smallest absolute Gasteiger partial charge is 0.335 e. The van der Waals surface area contributed by atoms with Crippen LogP contribution in [0.25, 0.3) is 0 Å². The topological polar surface area (TPSA) is 43.4 Å². The Hall–Kier alpha value is -1.35. The van der Waals surface area contributed by atoms with E-state index >= 15 is 0 Å². The van der Waals surface area contributed by atoms with Gasteiger partial charge in [0.05, 0.1) is 0 Å². The third-order valence-electron chi connectivity index (χ3n) is 3.08. The summed E-state index contributed by atoms with van der Waals surface area (Å²) >= 11 is 6.29. The molecule has 3 nitrogen and oxygen atoms in total. The van der Waals surface area contributed by atoms with Crippen LogP contribution in [-0.2, 0) is 16.0 Å². The number of hydrogen-bond acceptors (Lipinski definition) is 3. The zero-order chi connectivity index (χ0) is 14.3. The number of Topliss-reactive ketones (excluding diaryl/α,β-unsaturated/α-hetero) is 1. The average molecular weight is 281 g/mol. The predicted molar refractivity (Wildman–Crippen MR) is 73.5 cm³/mol. The van der Waals surface area contributed by atoms with E-state index in [-0.39, 0.29) is 12.2 Å². The maximum absolute atomic E-state index is 12.4. The Morgan fingerprint density at radius 3 is 2.58 bits per heavy atom. The monoisotopic (exact) mass is 280 g/mol. The van der Waals surface area contributed by atoms with Crippen LogP contribution in [-0.4, -0.2) is 22.2 Å². The number of alkyl halides is 1. The second-order valence-corrected chi connectivity index (χ2v) is 6.43. The van der Waals surface area contributed by atoms with E-state index in [1.165, 1.54) is 0 Å². The summed E-state index contributed by atoms with van der Waals surface area (Å²) in [6.45, 7) is 5.27. The van der Waals surface area contributed by atoms with Gasteiger partial charge < -0.3 is 4.74 Å². The summed E-state index contributed by atoms with van der Waals surface area (Å²) in [5.74, 6) is -1.01. The number of fused-ring (bicyclic) bond motifs is 1. The lowest BCUT2D eigenvalue weighted by Crippen LogP contribution is -2.48. The SMILES string of the molecule is CC(C)(C)OC(=O)C1(Cl)CCc2ccccc2C1=O. The van der Waals surface area contributed by atoms with Crippen LogP contribution in [0.2, 0.25) is 0 Å². The molecule has 2 rings (SSSR count). The van der Waals surface area contributed by atoms with E-state index in [9.17, 15) is 9.59 Å². The van der Waals surface area contributed by atoms with Crippen LogP contribution >= 0.6 is 11.6 Å². The van der Waals surface area contributed by atoms with E-state index in [1.807, 2.05) is 12.1 Å². The molecule has 1 atom stereocenters. The van der Waals surface area contributed by atoms with Crippen molar-refractivity contribution < 1.29 is 14.3 Å². The van der Waals surface area contributed by atoms with Gasteiger partial charge in [0.25, 0.3) is 0 Å². The molecule has 0 saturated heterocycles. The molecule has 0 aromatic heterocycles. The summed E-state index contributed by atoms with van der Waals surface area (Å²) in [7, 11) is 0. The normalized spacial score (nSPS) is 22.8. The van der Waals surface area contributed by atoms with Crippen molar-refractivity contribution in [3.8, 4) is 0 Å². The van der Waals surface area contributed by atoms with Gasteiger partial charge in [0.15, 0.2) is 5.78 Å². The van der Waals surface area contributed by atoms with Gasteiger partial charge in [-0.05, 0) is 39.2 Å². The van der Waals surface area contributed by atoms with Crippen LogP contribution in [0.1, 0.15) is 43.1 Å². The van der Waals surface area contributed by atoms with E-state index in [0.29, 0.717) is 12.0 Å². The van der Waals surface area contributed by atoms with Crippen molar-refractivity contribution in [3.05, 3.63) is 35.4 Å². The van der Waals surface area contributed by atoms with Crippen molar-refractivity contribution in [2.75, 3.05) is 0 Å². The van der Waals surface area contributed by atoms with Gasteiger partial charge in [0.1, 0.15) is 5.60 Å². The number of aryl methyl sites for hydroxylation is 1.